The van der Waals surface area contributed by atoms with E-state index in [4.69, 9.17) is 14.6 Å². The van der Waals surface area contributed by atoms with E-state index < -0.39 is 10.0 Å². The molecule has 0 aliphatic carbocycles. The largest absolute Gasteiger partial charge is 0.495 e. The van der Waals surface area contributed by atoms with Crippen molar-refractivity contribution >= 4 is 10.0 Å². The lowest BCUT2D eigenvalue weighted by Crippen LogP contribution is -2.30. The zero-order valence-corrected chi connectivity index (χ0v) is 12.1. The summed E-state index contributed by atoms with van der Waals surface area (Å²) in [6.45, 7) is 1.38. The fourth-order valence-electron chi connectivity index (χ4n) is 2.08. The fraction of sp³-hybridized carbons (Fsp3) is 0.538. The molecule has 0 aromatic heterocycles. The lowest BCUT2D eigenvalue weighted by molar-refractivity contribution is 0.186. The summed E-state index contributed by atoms with van der Waals surface area (Å²) in [7, 11) is -2.25. The first-order valence-electron chi connectivity index (χ1n) is 6.42. The zero-order chi connectivity index (χ0) is 14.6. The van der Waals surface area contributed by atoms with Crippen molar-refractivity contribution < 1.29 is 23.0 Å². The second kappa shape index (κ2) is 6.53. The molecule has 0 bridgehead atoms. The molecule has 1 atom stereocenters. The monoisotopic (exact) mass is 301 g/mol. The molecule has 2 N–H and O–H groups in total. The number of aliphatic hydroxyl groups is 1. The normalized spacial score (nSPS) is 19.2. The van der Waals surface area contributed by atoms with Crippen molar-refractivity contribution in [3.63, 3.8) is 0 Å². The second-order valence-electron chi connectivity index (χ2n) is 4.72. The van der Waals surface area contributed by atoms with Gasteiger partial charge in [0.15, 0.2) is 0 Å². The molecule has 1 aliphatic heterocycles. The Morgan fingerprint density at radius 3 is 2.90 bits per heavy atom. The maximum Gasteiger partial charge on any atom is 0.244 e. The molecule has 1 aromatic rings. The van der Waals surface area contributed by atoms with Gasteiger partial charge in [0.25, 0.3) is 0 Å². The van der Waals surface area contributed by atoms with E-state index in [1.54, 1.807) is 12.1 Å². The summed E-state index contributed by atoms with van der Waals surface area (Å²) in [5.41, 5.74) is 0.523. The molecule has 0 saturated carbocycles. The van der Waals surface area contributed by atoms with Crippen LogP contribution in [0, 0.1) is 5.92 Å². The Balaban J connectivity index is 2.18. The Bertz CT molecular complexity index is 552. The van der Waals surface area contributed by atoms with E-state index in [0.717, 1.165) is 6.42 Å². The summed E-state index contributed by atoms with van der Waals surface area (Å²) in [6.07, 6.45) is 0.857. The predicted molar refractivity (Wildman–Crippen MR) is 73.0 cm³/mol. The van der Waals surface area contributed by atoms with Crippen LogP contribution in [0.4, 0.5) is 0 Å². The number of benzene rings is 1. The lowest BCUT2D eigenvalue weighted by Gasteiger charge is -2.13. The van der Waals surface area contributed by atoms with E-state index in [1.165, 1.54) is 13.2 Å². The van der Waals surface area contributed by atoms with Crippen molar-refractivity contribution in [2.75, 3.05) is 26.9 Å². The van der Waals surface area contributed by atoms with Gasteiger partial charge in [0.1, 0.15) is 10.6 Å². The van der Waals surface area contributed by atoms with Gasteiger partial charge in [-0.25, -0.2) is 13.1 Å². The third kappa shape index (κ3) is 3.49. The van der Waals surface area contributed by atoms with E-state index in [0.29, 0.717) is 25.3 Å². The van der Waals surface area contributed by atoms with Crippen LogP contribution >= 0.6 is 0 Å². The summed E-state index contributed by atoms with van der Waals surface area (Å²) in [6, 6.07) is 4.59. The van der Waals surface area contributed by atoms with Gasteiger partial charge < -0.3 is 14.6 Å². The summed E-state index contributed by atoms with van der Waals surface area (Å²) in [5.74, 6) is 0.467. The van der Waals surface area contributed by atoms with Crippen LogP contribution in [-0.4, -0.2) is 40.4 Å². The highest BCUT2D eigenvalue weighted by Gasteiger charge is 2.23. The Hall–Kier alpha value is -1.15. The SMILES string of the molecule is COc1ccc(CO)cc1S(=O)(=O)NCC1CCOC1. The third-order valence-corrected chi connectivity index (χ3v) is 4.73. The van der Waals surface area contributed by atoms with Gasteiger partial charge in [0.2, 0.25) is 10.0 Å². The van der Waals surface area contributed by atoms with E-state index in [1.807, 2.05) is 0 Å². The van der Waals surface area contributed by atoms with Crippen LogP contribution in [0.5, 0.6) is 5.75 Å². The van der Waals surface area contributed by atoms with Crippen molar-refractivity contribution in [1.82, 2.24) is 4.72 Å². The lowest BCUT2D eigenvalue weighted by atomic mass is 10.1. The number of ether oxygens (including phenoxy) is 2. The summed E-state index contributed by atoms with van der Waals surface area (Å²) >= 11 is 0. The second-order valence-corrected chi connectivity index (χ2v) is 6.46. The molecule has 1 fully saturated rings. The number of aliphatic hydroxyl groups excluding tert-OH is 1. The Kier molecular flexibility index (Phi) is 4.98. The molecule has 1 aliphatic rings. The predicted octanol–water partition coefficient (Wildman–Crippen LogP) is 0.502. The van der Waals surface area contributed by atoms with Gasteiger partial charge in [-0.15, -0.1) is 0 Å². The minimum atomic E-state index is -3.66. The summed E-state index contributed by atoms with van der Waals surface area (Å²) < 4.78 is 37.5. The molecule has 1 saturated heterocycles. The fourth-order valence-corrected chi connectivity index (χ4v) is 3.41. The molecule has 2 rings (SSSR count). The van der Waals surface area contributed by atoms with Gasteiger partial charge in [-0.1, -0.05) is 6.07 Å². The first kappa shape index (κ1) is 15.2. The van der Waals surface area contributed by atoms with E-state index >= 15 is 0 Å². The van der Waals surface area contributed by atoms with Crippen LogP contribution in [0.15, 0.2) is 23.1 Å². The van der Waals surface area contributed by atoms with Gasteiger partial charge in [0, 0.05) is 13.2 Å². The van der Waals surface area contributed by atoms with Gasteiger partial charge in [-0.3, -0.25) is 0 Å². The maximum atomic E-state index is 12.3. The van der Waals surface area contributed by atoms with Crippen LogP contribution < -0.4 is 9.46 Å². The van der Waals surface area contributed by atoms with Gasteiger partial charge in [0.05, 0.1) is 20.3 Å². The summed E-state index contributed by atoms with van der Waals surface area (Å²) in [4.78, 5) is 0.0467. The third-order valence-electron chi connectivity index (χ3n) is 3.29. The van der Waals surface area contributed by atoms with Crippen molar-refractivity contribution in [1.29, 1.82) is 0 Å². The van der Waals surface area contributed by atoms with Crippen molar-refractivity contribution in [3.8, 4) is 5.75 Å². The number of methoxy groups -OCH3 is 1. The molecule has 112 valence electrons. The highest BCUT2D eigenvalue weighted by atomic mass is 32.2. The number of nitrogens with one attached hydrogen (secondary N) is 1. The molecule has 0 spiro atoms. The average Bonchev–Trinajstić information content (AvgIpc) is 2.98. The number of hydrogen-bond donors (Lipinski definition) is 2. The van der Waals surface area contributed by atoms with Crippen molar-refractivity contribution in [3.05, 3.63) is 23.8 Å². The molecule has 1 unspecified atom stereocenters. The van der Waals surface area contributed by atoms with Gasteiger partial charge >= 0.3 is 0 Å². The zero-order valence-electron chi connectivity index (χ0n) is 11.3. The molecule has 0 amide bonds. The van der Waals surface area contributed by atoms with Crippen LogP contribution in [-0.2, 0) is 21.4 Å². The first-order valence-corrected chi connectivity index (χ1v) is 7.90. The Labute approximate surface area is 118 Å². The molecule has 1 heterocycles. The number of rotatable bonds is 6. The van der Waals surface area contributed by atoms with E-state index in [2.05, 4.69) is 4.72 Å². The minimum absolute atomic E-state index is 0.0467. The molecule has 1 aromatic carbocycles. The van der Waals surface area contributed by atoms with Gasteiger partial charge in [-0.2, -0.15) is 0 Å². The smallest absolute Gasteiger partial charge is 0.244 e. The van der Waals surface area contributed by atoms with Crippen LogP contribution in [0.1, 0.15) is 12.0 Å². The Morgan fingerprint density at radius 1 is 1.50 bits per heavy atom. The molecule has 7 heteroatoms. The van der Waals surface area contributed by atoms with Crippen LogP contribution in [0.2, 0.25) is 0 Å². The standard InChI is InChI=1S/C13H19NO5S/c1-18-12-3-2-10(8-15)6-13(12)20(16,17)14-7-11-4-5-19-9-11/h2-3,6,11,14-15H,4-5,7-9H2,1H3. The highest BCUT2D eigenvalue weighted by Crippen LogP contribution is 2.25. The maximum absolute atomic E-state index is 12.3. The highest BCUT2D eigenvalue weighted by molar-refractivity contribution is 7.89. The quantitative estimate of drug-likeness (QED) is 0.799. The Morgan fingerprint density at radius 2 is 2.30 bits per heavy atom. The van der Waals surface area contributed by atoms with Crippen LogP contribution in [0.25, 0.3) is 0 Å². The molecular formula is C13H19NO5S. The van der Waals surface area contributed by atoms with Crippen LogP contribution in [0.3, 0.4) is 0 Å². The average molecular weight is 301 g/mol. The summed E-state index contributed by atoms with van der Waals surface area (Å²) in [5, 5.41) is 9.12. The van der Waals surface area contributed by atoms with Crippen molar-refractivity contribution in [2.45, 2.75) is 17.9 Å². The van der Waals surface area contributed by atoms with Crippen molar-refractivity contribution in [2.24, 2.45) is 5.92 Å². The number of hydrogen-bond acceptors (Lipinski definition) is 5. The van der Waals surface area contributed by atoms with E-state index in [-0.39, 0.29) is 23.2 Å². The molecule has 0 radical (unpaired) electrons. The van der Waals surface area contributed by atoms with E-state index in [9.17, 15) is 8.42 Å². The molecule has 20 heavy (non-hydrogen) atoms. The molecular weight excluding hydrogens is 282 g/mol. The first-order chi connectivity index (χ1) is 9.56. The topological polar surface area (TPSA) is 84.9 Å². The molecule has 6 nitrogen and oxygen atoms in total. The van der Waals surface area contributed by atoms with Gasteiger partial charge in [-0.05, 0) is 30.0 Å². The minimum Gasteiger partial charge on any atom is -0.495 e. The number of sulfonamides is 1.